The number of Topliss-reactive ketones (excluding diaryl/α,β-unsaturated/α-hetero) is 1. The highest BCUT2D eigenvalue weighted by Crippen LogP contribution is 2.45. The Hall–Kier alpha value is -1.84. The van der Waals surface area contributed by atoms with Gasteiger partial charge in [0.2, 0.25) is 0 Å². The van der Waals surface area contributed by atoms with Crippen molar-refractivity contribution in [2.75, 3.05) is 6.61 Å². The van der Waals surface area contributed by atoms with Gasteiger partial charge in [-0.3, -0.25) is 4.79 Å². The van der Waals surface area contributed by atoms with Gasteiger partial charge in [-0.15, -0.1) is 0 Å². The Balaban J connectivity index is 1.86. The predicted octanol–water partition coefficient (Wildman–Crippen LogP) is 5.15. The van der Waals surface area contributed by atoms with Crippen molar-refractivity contribution in [2.24, 2.45) is 23.2 Å². The van der Waals surface area contributed by atoms with Crippen molar-refractivity contribution in [3.8, 4) is 0 Å². The Labute approximate surface area is 169 Å². The molecule has 2 aliphatic carbocycles. The number of fused-ring (bicyclic) bond motifs is 1. The normalized spacial score (nSPS) is 38.5. The number of allylic oxidation sites excluding steroid dienone is 5. The Morgan fingerprint density at radius 3 is 2.68 bits per heavy atom. The molecule has 0 N–H and O–H groups in total. The summed E-state index contributed by atoms with van der Waals surface area (Å²) in [5.41, 5.74) is 0.885. The maximum absolute atomic E-state index is 13.2. The van der Waals surface area contributed by atoms with Crippen LogP contribution in [0.1, 0.15) is 66.7 Å². The van der Waals surface area contributed by atoms with E-state index in [0.29, 0.717) is 41.9 Å². The third kappa shape index (κ3) is 4.42. The molecule has 1 aliphatic heterocycles. The number of rotatable bonds is 4. The van der Waals surface area contributed by atoms with Crippen LogP contribution in [0.25, 0.3) is 0 Å². The maximum Gasteiger partial charge on any atom is 0.334 e. The smallest absolute Gasteiger partial charge is 0.334 e. The summed E-state index contributed by atoms with van der Waals surface area (Å²) >= 11 is 0. The zero-order valence-electron chi connectivity index (χ0n) is 17.9. The molecule has 1 heterocycles. The first-order chi connectivity index (χ1) is 13.2. The average molecular weight is 387 g/mol. The van der Waals surface area contributed by atoms with Crippen LogP contribution in [0.3, 0.4) is 0 Å². The monoisotopic (exact) mass is 386 g/mol. The first-order valence-corrected chi connectivity index (χ1v) is 10.7. The van der Waals surface area contributed by atoms with Crippen molar-refractivity contribution in [1.82, 2.24) is 0 Å². The Morgan fingerprint density at radius 2 is 2.00 bits per heavy atom. The van der Waals surface area contributed by atoms with E-state index < -0.39 is 0 Å². The van der Waals surface area contributed by atoms with Crippen LogP contribution in [0.4, 0.5) is 0 Å². The second-order valence-electron chi connectivity index (χ2n) is 9.48. The van der Waals surface area contributed by atoms with E-state index in [-0.39, 0.29) is 23.3 Å². The molecule has 0 aromatic heterocycles. The predicted molar refractivity (Wildman–Crippen MR) is 109 cm³/mol. The second-order valence-corrected chi connectivity index (χ2v) is 9.48. The number of hydrogen-bond acceptors (Lipinski definition) is 4. The lowest BCUT2D eigenvalue weighted by Gasteiger charge is -2.37. The van der Waals surface area contributed by atoms with Crippen LogP contribution >= 0.6 is 0 Å². The van der Waals surface area contributed by atoms with E-state index in [1.807, 2.05) is 6.08 Å². The summed E-state index contributed by atoms with van der Waals surface area (Å²) in [4.78, 5) is 25.3. The van der Waals surface area contributed by atoms with Crippen LogP contribution in [0.2, 0.25) is 0 Å². The van der Waals surface area contributed by atoms with Crippen LogP contribution in [-0.4, -0.2) is 24.5 Å². The molecule has 1 saturated heterocycles. The van der Waals surface area contributed by atoms with Gasteiger partial charge in [0.05, 0.1) is 6.61 Å². The number of ketones is 1. The largest absolute Gasteiger partial charge is 0.497 e. The lowest BCUT2D eigenvalue weighted by molar-refractivity contribution is -0.151. The molecule has 0 radical (unpaired) electrons. The number of carbonyl (C=O) groups excluding carboxylic acids is 2. The molecule has 0 aromatic rings. The molecule has 1 saturated carbocycles. The van der Waals surface area contributed by atoms with Crippen molar-refractivity contribution in [3.05, 3.63) is 35.1 Å². The van der Waals surface area contributed by atoms with Crippen molar-refractivity contribution < 1.29 is 19.1 Å². The van der Waals surface area contributed by atoms with Gasteiger partial charge in [-0.05, 0) is 68.6 Å². The van der Waals surface area contributed by atoms with Gasteiger partial charge in [0, 0.05) is 16.6 Å². The quantitative estimate of drug-likeness (QED) is 0.627. The van der Waals surface area contributed by atoms with E-state index in [1.165, 1.54) is 13.3 Å². The third-order valence-electron chi connectivity index (χ3n) is 6.72. The molecule has 4 nitrogen and oxygen atoms in total. The molecule has 3 rings (SSSR count). The third-order valence-corrected chi connectivity index (χ3v) is 6.72. The van der Waals surface area contributed by atoms with Crippen LogP contribution < -0.4 is 0 Å². The fourth-order valence-corrected chi connectivity index (χ4v) is 4.79. The van der Waals surface area contributed by atoms with Crippen molar-refractivity contribution >= 4 is 11.8 Å². The minimum absolute atomic E-state index is 0.0463. The van der Waals surface area contributed by atoms with Gasteiger partial charge in [0.1, 0.15) is 11.9 Å². The lowest BCUT2D eigenvalue weighted by atomic mass is 9.75. The van der Waals surface area contributed by atoms with E-state index in [4.69, 9.17) is 9.47 Å². The van der Waals surface area contributed by atoms with E-state index in [0.717, 1.165) is 25.0 Å². The fraction of sp³-hybridized carbons (Fsp3) is 0.667. The molecule has 28 heavy (non-hydrogen) atoms. The van der Waals surface area contributed by atoms with Crippen molar-refractivity contribution in [3.63, 3.8) is 0 Å². The molecular weight excluding hydrogens is 352 g/mol. The molecule has 0 spiro atoms. The van der Waals surface area contributed by atoms with Crippen LogP contribution in [0.15, 0.2) is 35.1 Å². The molecule has 3 aliphatic rings. The van der Waals surface area contributed by atoms with Gasteiger partial charge in [0.15, 0.2) is 5.78 Å². The molecule has 0 amide bonds. The summed E-state index contributed by atoms with van der Waals surface area (Å²) < 4.78 is 11.9. The minimum Gasteiger partial charge on any atom is -0.497 e. The van der Waals surface area contributed by atoms with E-state index in [9.17, 15) is 9.59 Å². The number of hydrogen-bond donors (Lipinski definition) is 0. The number of carbonyl (C=O) groups is 2. The van der Waals surface area contributed by atoms with E-state index in [2.05, 4.69) is 27.7 Å². The molecule has 4 atom stereocenters. The van der Waals surface area contributed by atoms with Gasteiger partial charge in [-0.1, -0.05) is 34.1 Å². The van der Waals surface area contributed by atoms with Crippen molar-refractivity contribution in [2.45, 2.75) is 72.8 Å². The summed E-state index contributed by atoms with van der Waals surface area (Å²) in [5.74, 6) is 1.98. The van der Waals surface area contributed by atoms with Crippen LogP contribution in [-0.2, 0) is 19.1 Å². The summed E-state index contributed by atoms with van der Waals surface area (Å²) in [6.07, 6.45) is 9.97. The average Bonchev–Trinajstić information content (AvgIpc) is 2.94. The molecule has 2 fully saturated rings. The maximum atomic E-state index is 13.2. The first-order valence-electron chi connectivity index (χ1n) is 10.7. The molecule has 154 valence electrons. The van der Waals surface area contributed by atoms with Gasteiger partial charge in [0.25, 0.3) is 0 Å². The standard InChI is InChI=1S/C24H34O4/c1-15(2)20-8-6-16(3)12-21(20)28-23(26)19-13-18(17(4)25)7-9-22-24(5,14-19)10-11-27-22/h7,9,13,15-16,20-21H,6,8,10-12,14H2,1-5H3/b18-7+,19-13+,22-9+/t16-,20+,21-,24-/m1/s1. The Kier molecular flexibility index (Phi) is 6.16. The highest BCUT2D eigenvalue weighted by Gasteiger charge is 2.40. The zero-order valence-corrected chi connectivity index (χ0v) is 17.9. The van der Waals surface area contributed by atoms with Crippen LogP contribution in [0.5, 0.6) is 0 Å². The number of esters is 1. The first kappa shape index (κ1) is 20.9. The molecule has 4 heteroatoms. The SMILES string of the molecule is CC(=O)C1=C/C=C2/OCC[C@]2(C)C/C(C(=O)O[C@@H]2C[C@H](C)CC[C@H]2C(C)C)=C\1. The zero-order chi connectivity index (χ0) is 20.5. The summed E-state index contributed by atoms with van der Waals surface area (Å²) in [6.45, 7) is 10.9. The molecule has 0 bridgehead atoms. The van der Waals surface area contributed by atoms with Gasteiger partial charge >= 0.3 is 5.97 Å². The molecular formula is C24H34O4. The minimum atomic E-state index is -0.272. The highest BCUT2D eigenvalue weighted by molar-refractivity contribution is 5.99. The summed E-state index contributed by atoms with van der Waals surface area (Å²) in [5, 5.41) is 0. The van der Waals surface area contributed by atoms with Crippen molar-refractivity contribution in [1.29, 1.82) is 0 Å². The van der Waals surface area contributed by atoms with Crippen LogP contribution in [0, 0.1) is 23.2 Å². The van der Waals surface area contributed by atoms with E-state index >= 15 is 0 Å². The highest BCUT2D eigenvalue weighted by atomic mass is 16.5. The Bertz CT molecular complexity index is 727. The Morgan fingerprint density at radius 1 is 1.25 bits per heavy atom. The van der Waals surface area contributed by atoms with Gasteiger partial charge < -0.3 is 9.47 Å². The summed E-state index contributed by atoms with van der Waals surface area (Å²) in [6, 6.07) is 0. The lowest BCUT2D eigenvalue weighted by Crippen LogP contribution is -2.36. The molecule has 0 aromatic carbocycles. The summed E-state index contributed by atoms with van der Waals surface area (Å²) in [7, 11) is 0. The number of ether oxygens (including phenoxy) is 2. The van der Waals surface area contributed by atoms with Gasteiger partial charge in [-0.25, -0.2) is 4.79 Å². The second kappa shape index (κ2) is 8.26. The fourth-order valence-electron chi connectivity index (χ4n) is 4.79. The molecule has 0 unspecified atom stereocenters. The van der Waals surface area contributed by atoms with E-state index in [1.54, 1.807) is 12.2 Å². The van der Waals surface area contributed by atoms with Gasteiger partial charge in [-0.2, -0.15) is 0 Å². The topological polar surface area (TPSA) is 52.6 Å².